The molecular formula is C14H20N2O2. The summed E-state index contributed by atoms with van der Waals surface area (Å²) in [6.45, 7) is 2.49. The fourth-order valence-electron chi connectivity index (χ4n) is 2.40. The Morgan fingerprint density at radius 2 is 2.28 bits per heavy atom. The zero-order valence-corrected chi connectivity index (χ0v) is 11.0. The molecule has 1 aliphatic heterocycles. The van der Waals surface area contributed by atoms with Crippen molar-refractivity contribution >= 4 is 11.7 Å². The summed E-state index contributed by atoms with van der Waals surface area (Å²) in [7, 11) is 4.08. The molecule has 0 amide bonds. The molecule has 0 saturated carbocycles. The minimum atomic E-state index is -0.738. The Bertz CT molecular complexity index is 445. The van der Waals surface area contributed by atoms with Gasteiger partial charge in [-0.3, -0.25) is 4.79 Å². The Balaban J connectivity index is 1.96. The number of carbonyl (C=O) groups is 1. The standard InChI is InChI=1S/C14H20N2O2/c1-15(7-6-14(17)18)10-11-3-4-13-12(9-11)5-8-16(13)2/h3-4,9H,5-8,10H2,1-2H3,(H,17,18). The summed E-state index contributed by atoms with van der Waals surface area (Å²) < 4.78 is 0. The van der Waals surface area contributed by atoms with Crippen LogP contribution in [0.25, 0.3) is 0 Å². The van der Waals surface area contributed by atoms with Gasteiger partial charge in [-0.05, 0) is 30.7 Å². The van der Waals surface area contributed by atoms with Crippen LogP contribution in [0, 0.1) is 0 Å². The molecule has 18 heavy (non-hydrogen) atoms. The highest BCUT2D eigenvalue weighted by Gasteiger charge is 2.15. The maximum Gasteiger partial charge on any atom is 0.304 e. The van der Waals surface area contributed by atoms with Crippen LogP contribution in [0.2, 0.25) is 0 Å². The zero-order chi connectivity index (χ0) is 13.1. The first kappa shape index (κ1) is 12.9. The number of hydrogen-bond acceptors (Lipinski definition) is 3. The average Bonchev–Trinajstić information content (AvgIpc) is 2.68. The summed E-state index contributed by atoms with van der Waals surface area (Å²) in [6.07, 6.45) is 1.31. The van der Waals surface area contributed by atoms with E-state index in [2.05, 4.69) is 35.0 Å². The van der Waals surface area contributed by atoms with E-state index in [1.807, 2.05) is 7.05 Å². The second-order valence-corrected chi connectivity index (χ2v) is 5.02. The first-order valence-electron chi connectivity index (χ1n) is 6.29. The summed E-state index contributed by atoms with van der Waals surface area (Å²) in [5.41, 5.74) is 3.99. The highest BCUT2D eigenvalue weighted by atomic mass is 16.4. The van der Waals surface area contributed by atoms with Crippen LogP contribution >= 0.6 is 0 Å². The number of fused-ring (bicyclic) bond motifs is 1. The first-order valence-corrected chi connectivity index (χ1v) is 6.29. The van der Waals surface area contributed by atoms with Crippen molar-refractivity contribution in [3.8, 4) is 0 Å². The summed E-state index contributed by atoms with van der Waals surface area (Å²) in [5, 5.41) is 8.65. The van der Waals surface area contributed by atoms with Gasteiger partial charge in [-0.15, -0.1) is 0 Å². The lowest BCUT2D eigenvalue weighted by Gasteiger charge is -2.17. The zero-order valence-electron chi connectivity index (χ0n) is 11.0. The summed E-state index contributed by atoms with van der Waals surface area (Å²) in [6, 6.07) is 6.55. The third-order valence-corrected chi connectivity index (χ3v) is 3.43. The smallest absolute Gasteiger partial charge is 0.304 e. The Labute approximate surface area is 108 Å². The van der Waals surface area contributed by atoms with Gasteiger partial charge >= 0.3 is 5.97 Å². The maximum atomic E-state index is 10.5. The minimum Gasteiger partial charge on any atom is -0.481 e. The Hall–Kier alpha value is -1.55. The molecule has 4 nitrogen and oxygen atoms in total. The molecule has 4 heteroatoms. The molecule has 0 atom stereocenters. The van der Waals surface area contributed by atoms with Crippen LogP contribution in [0.4, 0.5) is 5.69 Å². The summed E-state index contributed by atoms with van der Waals surface area (Å²) >= 11 is 0. The lowest BCUT2D eigenvalue weighted by Crippen LogP contribution is -2.21. The number of carboxylic acid groups (broad SMARTS) is 1. The number of nitrogens with zero attached hydrogens (tertiary/aromatic N) is 2. The SMILES string of the molecule is CN(CCC(=O)O)Cc1ccc2c(c1)CCN2C. The van der Waals surface area contributed by atoms with Crippen LogP contribution < -0.4 is 4.90 Å². The number of carboxylic acids is 1. The van der Waals surface area contributed by atoms with Gasteiger partial charge in [0.05, 0.1) is 6.42 Å². The number of hydrogen-bond donors (Lipinski definition) is 1. The molecule has 1 aromatic carbocycles. The van der Waals surface area contributed by atoms with E-state index >= 15 is 0 Å². The molecule has 0 saturated heterocycles. The van der Waals surface area contributed by atoms with Crippen molar-refractivity contribution in [2.24, 2.45) is 0 Å². The predicted octanol–water partition coefficient (Wildman–Crippen LogP) is 1.59. The molecule has 0 spiro atoms. The quantitative estimate of drug-likeness (QED) is 0.859. The van der Waals surface area contributed by atoms with E-state index in [4.69, 9.17) is 5.11 Å². The van der Waals surface area contributed by atoms with Crippen molar-refractivity contribution in [2.75, 3.05) is 32.1 Å². The molecule has 0 aliphatic carbocycles. The Kier molecular flexibility index (Phi) is 3.87. The van der Waals surface area contributed by atoms with Gasteiger partial charge in [-0.25, -0.2) is 0 Å². The fraction of sp³-hybridized carbons (Fsp3) is 0.500. The van der Waals surface area contributed by atoms with Gasteiger partial charge in [-0.1, -0.05) is 12.1 Å². The van der Waals surface area contributed by atoms with Crippen LogP contribution in [-0.2, 0) is 17.8 Å². The minimum absolute atomic E-state index is 0.199. The number of benzene rings is 1. The van der Waals surface area contributed by atoms with Gasteiger partial charge in [0.25, 0.3) is 0 Å². The largest absolute Gasteiger partial charge is 0.481 e. The van der Waals surface area contributed by atoms with Crippen molar-refractivity contribution in [2.45, 2.75) is 19.4 Å². The molecule has 98 valence electrons. The lowest BCUT2D eigenvalue weighted by atomic mass is 10.1. The van der Waals surface area contributed by atoms with Crippen LogP contribution in [0.5, 0.6) is 0 Å². The third kappa shape index (κ3) is 3.01. The van der Waals surface area contributed by atoms with Crippen molar-refractivity contribution in [3.63, 3.8) is 0 Å². The second-order valence-electron chi connectivity index (χ2n) is 5.02. The topological polar surface area (TPSA) is 43.8 Å². The molecule has 1 N–H and O–H groups in total. The van der Waals surface area contributed by atoms with Gasteiger partial charge in [0.15, 0.2) is 0 Å². The van der Waals surface area contributed by atoms with Crippen LogP contribution in [-0.4, -0.2) is 43.2 Å². The number of rotatable bonds is 5. The van der Waals surface area contributed by atoms with Gasteiger partial charge in [0.1, 0.15) is 0 Å². The van der Waals surface area contributed by atoms with Gasteiger partial charge in [-0.2, -0.15) is 0 Å². The van der Waals surface area contributed by atoms with Gasteiger partial charge < -0.3 is 14.9 Å². The molecule has 0 unspecified atom stereocenters. The van der Waals surface area contributed by atoms with Crippen LogP contribution in [0.3, 0.4) is 0 Å². The third-order valence-electron chi connectivity index (χ3n) is 3.43. The predicted molar refractivity (Wildman–Crippen MR) is 72.0 cm³/mol. The number of likely N-dealkylation sites (N-methyl/N-ethyl adjacent to an activating group) is 1. The van der Waals surface area contributed by atoms with E-state index in [1.165, 1.54) is 16.8 Å². The van der Waals surface area contributed by atoms with E-state index in [1.54, 1.807) is 0 Å². The monoisotopic (exact) mass is 248 g/mol. The number of anilines is 1. The van der Waals surface area contributed by atoms with Crippen LogP contribution in [0.1, 0.15) is 17.5 Å². The molecule has 1 heterocycles. The van der Waals surface area contributed by atoms with E-state index < -0.39 is 5.97 Å². The van der Waals surface area contributed by atoms with Crippen molar-refractivity contribution in [1.29, 1.82) is 0 Å². The molecule has 0 radical (unpaired) electrons. The maximum absolute atomic E-state index is 10.5. The van der Waals surface area contributed by atoms with E-state index in [0.717, 1.165) is 19.5 Å². The molecule has 0 bridgehead atoms. The second kappa shape index (κ2) is 5.40. The average molecular weight is 248 g/mol. The molecule has 2 rings (SSSR count). The highest BCUT2D eigenvalue weighted by Crippen LogP contribution is 2.27. The first-order chi connectivity index (χ1) is 8.56. The summed E-state index contributed by atoms with van der Waals surface area (Å²) in [4.78, 5) is 14.8. The lowest BCUT2D eigenvalue weighted by molar-refractivity contribution is -0.137. The normalized spacial score (nSPS) is 14.1. The molecule has 1 aromatic rings. The van der Waals surface area contributed by atoms with Gasteiger partial charge in [0, 0.05) is 32.4 Å². The number of aliphatic carboxylic acids is 1. The molecular weight excluding hydrogens is 228 g/mol. The van der Waals surface area contributed by atoms with Crippen molar-refractivity contribution < 1.29 is 9.90 Å². The van der Waals surface area contributed by atoms with E-state index in [0.29, 0.717) is 6.54 Å². The Morgan fingerprint density at radius 3 is 3.00 bits per heavy atom. The van der Waals surface area contributed by atoms with Crippen LogP contribution in [0.15, 0.2) is 18.2 Å². The fourth-order valence-corrected chi connectivity index (χ4v) is 2.40. The van der Waals surface area contributed by atoms with E-state index in [9.17, 15) is 4.79 Å². The van der Waals surface area contributed by atoms with Crippen molar-refractivity contribution in [3.05, 3.63) is 29.3 Å². The van der Waals surface area contributed by atoms with E-state index in [-0.39, 0.29) is 6.42 Å². The summed E-state index contributed by atoms with van der Waals surface area (Å²) in [5.74, 6) is -0.738. The Morgan fingerprint density at radius 1 is 1.50 bits per heavy atom. The van der Waals surface area contributed by atoms with Gasteiger partial charge in [0.2, 0.25) is 0 Å². The van der Waals surface area contributed by atoms with Crippen molar-refractivity contribution in [1.82, 2.24) is 4.90 Å². The molecule has 1 aliphatic rings. The molecule has 0 fully saturated rings. The highest BCUT2D eigenvalue weighted by molar-refractivity contribution is 5.66. The molecule has 0 aromatic heterocycles.